The summed E-state index contributed by atoms with van der Waals surface area (Å²) in [4.78, 5) is 0. The molecule has 0 saturated carbocycles. The molecule has 1 rings (SSSR count). The molecule has 0 aliphatic rings. The molecular formula is C17H29N. The Labute approximate surface area is 113 Å². The zero-order valence-corrected chi connectivity index (χ0v) is 12.7. The van der Waals surface area contributed by atoms with Crippen molar-refractivity contribution in [1.82, 2.24) is 0 Å². The van der Waals surface area contributed by atoms with E-state index in [0.717, 1.165) is 13.0 Å². The summed E-state index contributed by atoms with van der Waals surface area (Å²) in [5, 5.41) is 0. The van der Waals surface area contributed by atoms with E-state index in [-0.39, 0.29) is 5.41 Å². The number of benzene rings is 1. The maximum Gasteiger partial charge on any atom is -0.00771 e. The van der Waals surface area contributed by atoms with Crippen molar-refractivity contribution < 1.29 is 0 Å². The van der Waals surface area contributed by atoms with Crippen molar-refractivity contribution in [3.8, 4) is 0 Å². The first-order valence-electron chi connectivity index (χ1n) is 7.21. The Morgan fingerprint density at radius 1 is 1.22 bits per heavy atom. The maximum atomic E-state index is 5.63. The predicted octanol–water partition coefficient (Wildman–Crippen LogP) is 4.53. The Balaban J connectivity index is 3.02. The maximum absolute atomic E-state index is 5.63. The summed E-state index contributed by atoms with van der Waals surface area (Å²) in [6.07, 6.45) is 3.53. The van der Waals surface area contributed by atoms with Crippen LogP contribution in [-0.2, 0) is 5.41 Å². The molecule has 0 bridgehead atoms. The highest BCUT2D eigenvalue weighted by molar-refractivity contribution is 5.37. The number of hydrogen-bond donors (Lipinski definition) is 1. The van der Waals surface area contributed by atoms with Gasteiger partial charge >= 0.3 is 0 Å². The summed E-state index contributed by atoms with van der Waals surface area (Å²) in [5.74, 6) is 0.662. The van der Waals surface area contributed by atoms with Crippen molar-refractivity contribution in [2.45, 2.75) is 65.2 Å². The summed E-state index contributed by atoms with van der Waals surface area (Å²) in [7, 11) is 0. The van der Waals surface area contributed by atoms with Crippen LogP contribution in [0.1, 0.15) is 69.6 Å². The van der Waals surface area contributed by atoms with Crippen molar-refractivity contribution in [3.63, 3.8) is 0 Å². The molecule has 1 unspecified atom stereocenters. The first kappa shape index (κ1) is 15.2. The minimum atomic E-state index is 0.228. The van der Waals surface area contributed by atoms with Gasteiger partial charge in [0.25, 0.3) is 0 Å². The average molecular weight is 247 g/mol. The van der Waals surface area contributed by atoms with Gasteiger partial charge in [0, 0.05) is 0 Å². The van der Waals surface area contributed by atoms with Crippen molar-refractivity contribution >= 4 is 0 Å². The minimum Gasteiger partial charge on any atom is -0.330 e. The number of hydrogen-bond acceptors (Lipinski definition) is 1. The van der Waals surface area contributed by atoms with Gasteiger partial charge in [-0.2, -0.15) is 0 Å². The molecule has 1 atom stereocenters. The molecule has 0 radical (unpaired) electrons. The quantitative estimate of drug-likeness (QED) is 0.813. The van der Waals surface area contributed by atoms with E-state index in [4.69, 9.17) is 5.73 Å². The lowest BCUT2D eigenvalue weighted by atomic mass is 9.80. The highest BCUT2D eigenvalue weighted by atomic mass is 14.5. The van der Waals surface area contributed by atoms with E-state index in [1.54, 1.807) is 0 Å². The summed E-state index contributed by atoms with van der Waals surface area (Å²) in [5.41, 5.74) is 10.2. The van der Waals surface area contributed by atoms with Crippen LogP contribution in [0.2, 0.25) is 0 Å². The van der Waals surface area contributed by atoms with Crippen LogP contribution >= 0.6 is 0 Å². The third-order valence-electron chi connectivity index (χ3n) is 3.79. The average Bonchev–Trinajstić information content (AvgIpc) is 2.30. The number of nitrogens with two attached hydrogens (primary N) is 1. The molecule has 1 aromatic rings. The smallest absolute Gasteiger partial charge is 0.00771 e. The zero-order valence-electron chi connectivity index (χ0n) is 12.7. The Morgan fingerprint density at radius 3 is 2.39 bits per heavy atom. The van der Waals surface area contributed by atoms with E-state index in [9.17, 15) is 0 Å². The predicted molar refractivity (Wildman–Crippen MR) is 81.2 cm³/mol. The van der Waals surface area contributed by atoms with E-state index in [1.165, 1.54) is 29.5 Å². The second kappa shape index (κ2) is 6.38. The Kier molecular flexibility index (Phi) is 5.40. The molecule has 0 saturated heterocycles. The minimum absolute atomic E-state index is 0.228. The molecule has 18 heavy (non-hydrogen) atoms. The first-order valence-corrected chi connectivity index (χ1v) is 7.21. The normalized spacial score (nSPS) is 13.7. The van der Waals surface area contributed by atoms with Crippen molar-refractivity contribution in [1.29, 1.82) is 0 Å². The van der Waals surface area contributed by atoms with Gasteiger partial charge in [-0.3, -0.25) is 0 Å². The van der Waals surface area contributed by atoms with Gasteiger partial charge in [0.2, 0.25) is 0 Å². The fraction of sp³-hybridized carbons (Fsp3) is 0.647. The molecule has 1 heteroatoms. The molecule has 0 amide bonds. The number of rotatable bonds is 5. The van der Waals surface area contributed by atoms with Crippen LogP contribution in [0.3, 0.4) is 0 Å². The van der Waals surface area contributed by atoms with Crippen LogP contribution in [0.4, 0.5) is 0 Å². The first-order chi connectivity index (χ1) is 8.40. The molecule has 0 aliphatic heterocycles. The summed E-state index contributed by atoms with van der Waals surface area (Å²) < 4.78 is 0. The summed E-state index contributed by atoms with van der Waals surface area (Å²) in [6, 6.07) is 7.00. The van der Waals surface area contributed by atoms with Gasteiger partial charge in [0.15, 0.2) is 0 Å². The fourth-order valence-corrected chi connectivity index (χ4v) is 2.67. The zero-order chi connectivity index (χ0) is 13.8. The third kappa shape index (κ3) is 3.84. The summed E-state index contributed by atoms with van der Waals surface area (Å²) >= 11 is 0. The van der Waals surface area contributed by atoms with Gasteiger partial charge in [0.05, 0.1) is 0 Å². The highest BCUT2D eigenvalue weighted by Gasteiger charge is 2.18. The van der Waals surface area contributed by atoms with Crippen LogP contribution < -0.4 is 5.73 Å². The largest absolute Gasteiger partial charge is 0.330 e. The van der Waals surface area contributed by atoms with E-state index < -0.39 is 0 Å². The number of aryl methyl sites for hydroxylation is 1. The van der Waals surface area contributed by atoms with Crippen LogP contribution in [0, 0.1) is 6.92 Å². The van der Waals surface area contributed by atoms with Crippen molar-refractivity contribution in [2.75, 3.05) is 6.54 Å². The molecule has 0 aliphatic carbocycles. The lowest BCUT2D eigenvalue weighted by Crippen LogP contribution is -2.14. The third-order valence-corrected chi connectivity index (χ3v) is 3.79. The molecule has 0 spiro atoms. The molecule has 102 valence electrons. The SMILES string of the molecule is CCC(CCCN)c1ccc(C)c(C(C)(C)C)c1. The Morgan fingerprint density at radius 2 is 1.89 bits per heavy atom. The van der Waals surface area contributed by atoms with E-state index in [2.05, 4.69) is 52.8 Å². The second-order valence-electron chi connectivity index (χ2n) is 6.36. The van der Waals surface area contributed by atoms with Crippen molar-refractivity contribution in [2.24, 2.45) is 5.73 Å². The van der Waals surface area contributed by atoms with Gasteiger partial charge in [-0.25, -0.2) is 0 Å². The molecule has 1 nitrogen and oxygen atoms in total. The molecule has 0 heterocycles. The standard InChI is InChI=1S/C17H29N/c1-6-14(8-7-11-18)15-10-9-13(2)16(12-15)17(3,4)5/h9-10,12,14H,6-8,11,18H2,1-5H3. The van der Waals surface area contributed by atoms with Crippen LogP contribution in [0.25, 0.3) is 0 Å². The van der Waals surface area contributed by atoms with Crippen LogP contribution in [-0.4, -0.2) is 6.54 Å². The molecule has 2 N–H and O–H groups in total. The highest BCUT2D eigenvalue weighted by Crippen LogP contribution is 2.31. The van der Waals surface area contributed by atoms with Gasteiger partial charge in [-0.05, 0) is 60.8 Å². The topological polar surface area (TPSA) is 26.0 Å². The molecule has 0 aromatic heterocycles. The van der Waals surface area contributed by atoms with Gasteiger partial charge in [-0.15, -0.1) is 0 Å². The van der Waals surface area contributed by atoms with Gasteiger partial charge in [0.1, 0.15) is 0 Å². The monoisotopic (exact) mass is 247 g/mol. The van der Waals surface area contributed by atoms with E-state index >= 15 is 0 Å². The van der Waals surface area contributed by atoms with Crippen molar-refractivity contribution in [3.05, 3.63) is 34.9 Å². The van der Waals surface area contributed by atoms with Crippen LogP contribution in [0.5, 0.6) is 0 Å². The fourth-order valence-electron chi connectivity index (χ4n) is 2.67. The molecule has 0 fully saturated rings. The van der Waals surface area contributed by atoms with E-state index in [1.807, 2.05) is 0 Å². The molecular weight excluding hydrogens is 218 g/mol. The lowest BCUT2D eigenvalue weighted by molar-refractivity contribution is 0.565. The second-order valence-corrected chi connectivity index (χ2v) is 6.36. The Bertz CT molecular complexity index is 374. The van der Waals surface area contributed by atoms with E-state index in [0.29, 0.717) is 5.92 Å². The summed E-state index contributed by atoms with van der Waals surface area (Å²) in [6.45, 7) is 12.2. The van der Waals surface area contributed by atoms with Gasteiger partial charge in [-0.1, -0.05) is 45.9 Å². The molecule has 1 aromatic carbocycles. The van der Waals surface area contributed by atoms with Gasteiger partial charge < -0.3 is 5.73 Å². The van der Waals surface area contributed by atoms with Crippen LogP contribution in [0.15, 0.2) is 18.2 Å². The Hall–Kier alpha value is -0.820. The lowest BCUT2D eigenvalue weighted by Gasteiger charge is -2.24.